The van der Waals surface area contributed by atoms with Crippen molar-refractivity contribution in [3.05, 3.63) is 10.4 Å². The van der Waals surface area contributed by atoms with E-state index >= 15 is 0 Å². The van der Waals surface area contributed by atoms with Crippen molar-refractivity contribution < 1.29 is 0 Å². The molecule has 2 aliphatic rings. The van der Waals surface area contributed by atoms with E-state index < -0.39 is 0 Å². The second kappa shape index (κ2) is 3.78. The standard InChI is InChI=1S/C8H14N4S/c9-12-11-7-5-8(10-6-7)1-3-13-4-2-8/h7,10H,1-6H2. The number of hydrogen-bond acceptors (Lipinski definition) is 3. The van der Waals surface area contributed by atoms with Crippen LogP contribution < -0.4 is 5.32 Å². The van der Waals surface area contributed by atoms with Crippen molar-refractivity contribution in [3.63, 3.8) is 0 Å². The molecule has 2 rings (SSSR count). The lowest BCUT2D eigenvalue weighted by molar-refractivity contribution is 0.345. The van der Waals surface area contributed by atoms with Gasteiger partial charge in [0.1, 0.15) is 0 Å². The van der Waals surface area contributed by atoms with E-state index in [1.54, 1.807) is 0 Å². The predicted molar refractivity (Wildman–Crippen MR) is 54.8 cm³/mol. The summed E-state index contributed by atoms with van der Waals surface area (Å²) in [4.78, 5) is 2.88. The van der Waals surface area contributed by atoms with Gasteiger partial charge in [0.2, 0.25) is 0 Å². The van der Waals surface area contributed by atoms with Gasteiger partial charge in [-0.3, -0.25) is 0 Å². The third kappa shape index (κ3) is 1.93. The Morgan fingerprint density at radius 2 is 2.23 bits per heavy atom. The van der Waals surface area contributed by atoms with E-state index in [1.165, 1.54) is 24.3 Å². The van der Waals surface area contributed by atoms with Gasteiger partial charge in [-0.1, -0.05) is 5.11 Å². The van der Waals surface area contributed by atoms with Gasteiger partial charge in [-0.25, -0.2) is 0 Å². The van der Waals surface area contributed by atoms with Crippen LogP contribution in [0.25, 0.3) is 10.4 Å². The van der Waals surface area contributed by atoms with Crippen molar-refractivity contribution in [3.8, 4) is 0 Å². The second-order valence-electron chi connectivity index (χ2n) is 3.84. The summed E-state index contributed by atoms with van der Waals surface area (Å²) in [6.07, 6.45) is 3.50. The molecule has 2 heterocycles. The van der Waals surface area contributed by atoms with Crippen molar-refractivity contribution in [2.24, 2.45) is 5.11 Å². The highest BCUT2D eigenvalue weighted by atomic mass is 32.2. The molecule has 1 N–H and O–H groups in total. The van der Waals surface area contributed by atoms with E-state index in [-0.39, 0.29) is 6.04 Å². The smallest absolute Gasteiger partial charge is 0.0516 e. The summed E-state index contributed by atoms with van der Waals surface area (Å²) in [5, 5.41) is 7.31. The van der Waals surface area contributed by atoms with Gasteiger partial charge in [0.15, 0.2) is 0 Å². The van der Waals surface area contributed by atoms with Gasteiger partial charge < -0.3 is 5.32 Å². The number of azide groups is 1. The molecule has 1 unspecified atom stereocenters. The van der Waals surface area contributed by atoms with E-state index in [0.717, 1.165) is 13.0 Å². The first-order chi connectivity index (χ1) is 6.35. The fourth-order valence-corrected chi connectivity index (χ4v) is 3.50. The first kappa shape index (κ1) is 9.19. The minimum absolute atomic E-state index is 0.188. The number of hydrogen-bond donors (Lipinski definition) is 1. The van der Waals surface area contributed by atoms with Crippen molar-refractivity contribution in [2.75, 3.05) is 18.1 Å². The van der Waals surface area contributed by atoms with Crippen molar-refractivity contribution >= 4 is 11.8 Å². The van der Waals surface area contributed by atoms with Gasteiger partial charge in [0.25, 0.3) is 0 Å². The highest BCUT2D eigenvalue weighted by Gasteiger charge is 2.38. The zero-order chi connectivity index (χ0) is 9.15. The molecule has 1 atom stereocenters. The Morgan fingerprint density at radius 3 is 2.92 bits per heavy atom. The Bertz CT molecular complexity index is 230. The van der Waals surface area contributed by atoms with E-state index in [0.29, 0.717) is 5.54 Å². The summed E-state index contributed by atoms with van der Waals surface area (Å²) in [5.74, 6) is 2.49. The molecule has 2 fully saturated rings. The summed E-state index contributed by atoms with van der Waals surface area (Å²) in [7, 11) is 0. The third-order valence-electron chi connectivity index (χ3n) is 3.00. The van der Waals surface area contributed by atoms with Crippen molar-refractivity contribution in [1.29, 1.82) is 0 Å². The minimum Gasteiger partial charge on any atom is -0.311 e. The number of thioether (sulfide) groups is 1. The quantitative estimate of drug-likeness (QED) is 0.397. The van der Waals surface area contributed by atoms with Gasteiger partial charge >= 0.3 is 0 Å². The maximum absolute atomic E-state index is 8.34. The lowest BCUT2D eigenvalue weighted by Crippen LogP contribution is -2.42. The molecule has 1 spiro atoms. The summed E-state index contributed by atoms with van der Waals surface area (Å²) >= 11 is 2.03. The molecule has 0 radical (unpaired) electrons. The Morgan fingerprint density at radius 1 is 1.46 bits per heavy atom. The molecule has 5 heteroatoms. The molecule has 2 saturated heterocycles. The van der Waals surface area contributed by atoms with Crippen LogP contribution in [0.3, 0.4) is 0 Å². The van der Waals surface area contributed by atoms with Gasteiger partial charge in [0, 0.05) is 17.0 Å². The lowest BCUT2D eigenvalue weighted by Gasteiger charge is -2.33. The van der Waals surface area contributed by atoms with Crippen molar-refractivity contribution in [1.82, 2.24) is 5.32 Å². The molecule has 0 bridgehead atoms. The Kier molecular flexibility index (Phi) is 2.67. The van der Waals surface area contributed by atoms with Gasteiger partial charge in [-0.2, -0.15) is 11.8 Å². The number of nitrogens with zero attached hydrogens (tertiary/aromatic N) is 3. The van der Waals surface area contributed by atoms with Crippen LogP contribution in [0.2, 0.25) is 0 Å². The SMILES string of the molecule is [N-]=[N+]=NC1CNC2(CCSCC2)C1. The molecule has 0 aromatic heterocycles. The number of rotatable bonds is 1. The molecule has 72 valence electrons. The first-order valence-corrected chi connectivity index (χ1v) is 5.87. The molecular weight excluding hydrogens is 184 g/mol. The predicted octanol–water partition coefficient (Wildman–Crippen LogP) is 1.92. The monoisotopic (exact) mass is 198 g/mol. The van der Waals surface area contributed by atoms with Crippen molar-refractivity contribution in [2.45, 2.75) is 30.8 Å². The van der Waals surface area contributed by atoms with E-state index in [1.807, 2.05) is 11.8 Å². The summed E-state index contributed by atoms with van der Waals surface area (Å²) < 4.78 is 0. The van der Waals surface area contributed by atoms with E-state index in [9.17, 15) is 0 Å². The molecule has 0 aliphatic carbocycles. The van der Waals surface area contributed by atoms with Gasteiger partial charge in [-0.15, -0.1) is 0 Å². The molecular formula is C8H14N4S. The van der Waals surface area contributed by atoms with E-state index in [2.05, 4.69) is 15.3 Å². The molecule has 0 saturated carbocycles. The van der Waals surface area contributed by atoms with Crippen LogP contribution in [0, 0.1) is 0 Å². The van der Waals surface area contributed by atoms with Crippen LogP contribution in [0.15, 0.2) is 5.11 Å². The van der Waals surface area contributed by atoms with Crippen LogP contribution >= 0.6 is 11.8 Å². The maximum Gasteiger partial charge on any atom is 0.0516 e. The van der Waals surface area contributed by atoms with Crippen LogP contribution in [0.5, 0.6) is 0 Å². The van der Waals surface area contributed by atoms with Crippen LogP contribution in [-0.4, -0.2) is 29.6 Å². The summed E-state index contributed by atoms with van der Waals surface area (Å²) in [6.45, 7) is 0.870. The van der Waals surface area contributed by atoms with Crippen LogP contribution in [-0.2, 0) is 0 Å². The first-order valence-electron chi connectivity index (χ1n) is 4.72. The molecule has 2 aliphatic heterocycles. The average Bonchev–Trinajstić information content (AvgIpc) is 2.51. The lowest BCUT2D eigenvalue weighted by atomic mass is 9.90. The topological polar surface area (TPSA) is 60.8 Å². The zero-order valence-electron chi connectivity index (χ0n) is 7.57. The Labute approximate surface area is 82.1 Å². The molecule has 4 nitrogen and oxygen atoms in total. The van der Waals surface area contributed by atoms with Crippen LogP contribution in [0.4, 0.5) is 0 Å². The fourth-order valence-electron chi connectivity index (χ4n) is 2.23. The molecule has 0 aromatic carbocycles. The highest BCUT2D eigenvalue weighted by molar-refractivity contribution is 7.99. The average molecular weight is 198 g/mol. The van der Waals surface area contributed by atoms with Crippen LogP contribution in [0.1, 0.15) is 19.3 Å². The second-order valence-corrected chi connectivity index (χ2v) is 5.06. The largest absolute Gasteiger partial charge is 0.311 e. The molecule has 0 aromatic rings. The Balaban J connectivity index is 1.98. The fraction of sp³-hybridized carbons (Fsp3) is 1.00. The summed E-state index contributed by atoms with van der Waals surface area (Å²) in [6, 6.07) is 0.188. The Hall–Kier alpha value is -0.380. The number of nitrogens with one attached hydrogen (secondary N) is 1. The molecule has 0 amide bonds. The molecule has 13 heavy (non-hydrogen) atoms. The normalized spacial score (nSPS) is 31.5. The maximum atomic E-state index is 8.34. The van der Waals surface area contributed by atoms with Gasteiger partial charge in [-0.05, 0) is 36.3 Å². The van der Waals surface area contributed by atoms with Gasteiger partial charge in [0.05, 0.1) is 6.04 Å². The minimum atomic E-state index is 0.188. The highest BCUT2D eigenvalue weighted by Crippen LogP contribution is 2.34. The summed E-state index contributed by atoms with van der Waals surface area (Å²) in [5.41, 5.74) is 8.65. The third-order valence-corrected chi connectivity index (χ3v) is 3.99. The zero-order valence-corrected chi connectivity index (χ0v) is 8.39. The van der Waals surface area contributed by atoms with E-state index in [4.69, 9.17) is 5.53 Å².